The van der Waals surface area contributed by atoms with Crippen molar-refractivity contribution in [3.8, 4) is 6.07 Å². The van der Waals surface area contributed by atoms with E-state index in [0.29, 0.717) is 12.1 Å². The van der Waals surface area contributed by atoms with E-state index in [4.69, 9.17) is 14.8 Å². The molecule has 2 aromatic rings. The van der Waals surface area contributed by atoms with Crippen LogP contribution in [0.15, 0.2) is 39.8 Å². The zero-order valence-corrected chi connectivity index (χ0v) is 18.7. The molecule has 0 bridgehead atoms. The lowest BCUT2D eigenvalue weighted by atomic mass is 10.1. The lowest BCUT2D eigenvalue weighted by Gasteiger charge is -2.36. The minimum Gasteiger partial charge on any atom is -0.361 e. The SMILES string of the molecule is CCNC(=NCc1ccc(C#N)cc1)N1CCN(Cc2cc(C)on2)CC1.I. The molecule has 2 heterocycles. The highest BCUT2D eigenvalue weighted by Crippen LogP contribution is 2.10. The van der Waals surface area contributed by atoms with E-state index in [1.165, 1.54) is 0 Å². The number of aryl methyl sites for hydroxylation is 1. The van der Waals surface area contributed by atoms with Crippen LogP contribution in [0.1, 0.15) is 29.5 Å². The number of guanidine groups is 1. The maximum absolute atomic E-state index is 8.90. The molecular formula is C20H27IN6O. The number of benzene rings is 1. The van der Waals surface area contributed by atoms with Gasteiger partial charge in [0, 0.05) is 45.3 Å². The maximum Gasteiger partial charge on any atom is 0.194 e. The van der Waals surface area contributed by atoms with E-state index in [9.17, 15) is 0 Å². The van der Waals surface area contributed by atoms with Crippen molar-refractivity contribution in [1.82, 2.24) is 20.3 Å². The van der Waals surface area contributed by atoms with Crippen LogP contribution >= 0.6 is 24.0 Å². The zero-order valence-electron chi connectivity index (χ0n) is 16.4. The molecule has 150 valence electrons. The van der Waals surface area contributed by atoms with Crippen LogP contribution in [0.3, 0.4) is 0 Å². The van der Waals surface area contributed by atoms with Crippen molar-refractivity contribution in [1.29, 1.82) is 5.26 Å². The summed E-state index contributed by atoms with van der Waals surface area (Å²) >= 11 is 0. The zero-order chi connectivity index (χ0) is 19.1. The maximum atomic E-state index is 8.90. The number of nitriles is 1. The minimum atomic E-state index is 0. The first-order valence-corrected chi connectivity index (χ1v) is 9.34. The highest BCUT2D eigenvalue weighted by Gasteiger charge is 2.20. The van der Waals surface area contributed by atoms with E-state index in [1.807, 2.05) is 37.3 Å². The Balaban J connectivity index is 0.00000280. The average molecular weight is 494 g/mol. The van der Waals surface area contributed by atoms with Gasteiger partial charge in [-0.25, -0.2) is 4.99 Å². The van der Waals surface area contributed by atoms with Gasteiger partial charge in [-0.1, -0.05) is 17.3 Å². The smallest absolute Gasteiger partial charge is 0.194 e. The summed E-state index contributed by atoms with van der Waals surface area (Å²) in [6.07, 6.45) is 0. The standard InChI is InChI=1S/C20H26N6O.HI/c1-3-22-20(23-14-18-6-4-17(13-21)5-7-18)26-10-8-25(9-11-26)15-19-12-16(2)27-24-19;/h4-7,12H,3,8-11,14-15H2,1-2H3,(H,22,23);1H. The molecule has 28 heavy (non-hydrogen) atoms. The molecule has 7 nitrogen and oxygen atoms in total. The first-order chi connectivity index (χ1) is 13.2. The number of piperazine rings is 1. The van der Waals surface area contributed by atoms with E-state index < -0.39 is 0 Å². The lowest BCUT2D eigenvalue weighted by Crippen LogP contribution is -2.52. The van der Waals surface area contributed by atoms with Crippen LogP contribution in [0.25, 0.3) is 0 Å². The van der Waals surface area contributed by atoms with Crippen LogP contribution in [0.4, 0.5) is 0 Å². The van der Waals surface area contributed by atoms with Gasteiger partial charge in [0.2, 0.25) is 0 Å². The highest BCUT2D eigenvalue weighted by molar-refractivity contribution is 14.0. The van der Waals surface area contributed by atoms with Gasteiger partial charge < -0.3 is 14.7 Å². The van der Waals surface area contributed by atoms with Gasteiger partial charge in [0.05, 0.1) is 23.9 Å². The fourth-order valence-electron chi connectivity index (χ4n) is 3.12. The van der Waals surface area contributed by atoms with Crippen molar-refractivity contribution in [2.45, 2.75) is 26.9 Å². The quantitative estimate of drug-likeness (QED) is 0.391. The number of hydrogen-bond acceptors (Lipinski definition) is 5. The van der Waals surface area contributed by atoms with Crippen molar-refractivity contribution in [3.05, 3.63) is 52.9 Å². The Morgan fingerprint density at radius 1 is 1.25 bits per heavy atom. The second kappa shape index (κ2) is 11.0. The fourth-order valence-corrected chi connectivity index (χ4v) is 3.12. The minimum absolute atomic E-state index is 0. The summed E-state index contributed by atoms with van der Waals surface area (Å²) in [7, 11) is 0. The first-order valence-electron chi connectivity index (χ1n) is 9.34. The predicted molar refractivity (Wildman–Crippen MR) is 119 cm³/mol. The van der Waals surface area contributed by atoms with Gasteiger partial charge in [0.1, 0.15) is 5.76 Å². The molecule has 1 aliphatic rings. The third-order valence-electron chi connectivity index (χ3n) is 4.56. The summed E-state index contributed by atoms with van der Waals surface area (Å²) in [6.45, 7) is 10.1. The lowest BCUT2D eigenvalue weighted by molar-refractivity contribution is 0.169. The Bertz CT molecular complexity index is 803. The molecule has 1 fully saturated rings. The van der Waals surface area contributed by atoms with Crippen molar-refractivity contribution < 1.29 is 4.52 Å². The van der Waals surface area contributed by atoms with Crippen molar-refractivity contribution in [2.24, 2.45) is 4.99 Å². The second-order valence-electron chi connectivity index (χ2n) is 6.67. The third kappa shape index (κ3) is 6.21. The molecule has 0 saturated carbocycles. The van der Waals surface area contributed by atoms with Crippen molar-refractivity contribution in [3.63, 3.8) is 0 Å². The number of halogens is 1. The number of rotatable bonds is 5. The van der Waals surface area contributed by atoms with Gasteiger partial charge >= 0.3 is 0 Å². The molecule has 0 unspecified atom stereocenters. The molecule has 0 aliphatic carbocycles. The van der Waals surface area contributed by atoms with Crippen LogP contribution < -0.4 is 5.32 Å². The number of aliphatic imine (C=N–C) groups is 1. The van der Waals surface area contributed by atoms with E-state index in [1.54, 1.807) is 0 Å². The number of nitrogens with zero attached hydrogens (tertiary/aromatic N) is 5. The highest BCUT2D eigenvalue weighted by atomic mass is 127. The van der Waals surface area contributed by atoms with Gasteiger partial charge in [-0.05, 0) is 31.5 Å². The van der Waals surface area contributed by atoms with Crippen molar-refractivity contribution in [2.75, 3.05) is 32.7 Å². The molecule has 1 aromatic carbocycles. The molecule has 0 atom stereocenters. The van der Waals surface area contributed by atoms with Crippen LogP contribution in [0.5, 0.6) is 0 Å². The van der Waals surface area contributed by atoms with Crippen LogP contribution in [0, 0.1) is 18.3 Å². The van der Waals surface area contributed by atoms with E-state index >= 15 is 0 Å². The third-order valence-corrected chi connectivity index (χ3v) is 4.56. The molecule has 8 heteroatoms. The summed E-state index contributed by atoms with van der Waals surface area (Å²) < 4.78 is 5.15. The van der Waals surface area contributed by atoms with Gasteiger partial charge in [0.15, 0.2) is 5.96 Å². The molecule has 1 saturated heterocycles. The van der Waals surface area contributed by atoms with Crippen LogP contribution in [-0.4, -0.2) is 53.6 Å². The summed E-state index contributed by atoms with van der Waals surface area (Å²) in [5.74, 6) is 1.80. The van der Waals surface area contributed by atoms with E-state index in [2.05, 4.69) is 33.3 Å². The first kappa shape index (κ1) is 22.2. The average Bonchev–Trinajstić information content (AvgIpc) is 3.11. The molecular weight excluding hydrogens is 467 g/mol. The summed E-state index contributed by atoms with van der Waals surface area (Å²) in [5.41, 5.74) is 2.76. The summed E-state index contributed by atoms with van der Waals surface area (Å²) in [6, 6.07) is 11.7. The number of hydrogen-bond donors (Lipinski definition) is 1. The predicted octanol–water partition coefficient (Wildman–Crippen LogP) is 2.76. The topological polar surface area (TPSA) is 80.7 Å². The van der Waals surface area contributed by atoms with Gasteiger partial charge in [0.25, 0.3) is 0 Å². The molecule has 0 spiro atoms. The Morgan fingerprint density at radius 3 is 2.54 bits per heavy atom. The summed E-state index contributed by atoms with van der Waals surface area (Å²) in [4.78, 5) is 9.47. The van der Waals surface area contributed by atoms with Gasteiger partial charge in [-0.15, -0.1) is 24.0 Å². The molecule has 3 rings (SSSR count). The van der Waals surface area contributed by atoms with Crippen LogP contribution in [0.2, 0.25) is 0 Å². The number of nitrogens with one attached hydrogen (secondary N) is 1. The fraction of sp³-hybridized carbons (Fsp3) is 0.450. The largest absolute Gasteiger partial charge is 0.361 e. The monoisotopic (exact) mass is 494 g/mol. The van der Waals surface area contributed by atoms with Crippen molar-refractivity contribution >= 4 is 29.9 Å². The molecule has 1 N–H and O–H groups in total. The van der Waals surface area contributed by atoms with Gasteiger partial charge in [-0.3, -0.25) is 4.90 Å². The van der Waals surface area contributed by atoms with E-state index in [0.717, 1.165) is 62.2 Å². The normalized spacial score (nSPS) is 15.0. The molecule has 0 amide bonds. The van der Waals surface area contributed by atoms with Crippen LogP contribution in [-0.2, 0) is 13.1 Å². The Hall–Kier alpha value is -2.12. The Labute approximate surface area is 183 Å². The molecule has 1 aromatic heterocycles. The van der Waals surface area contributed by atoms with Gasteiger partial charge in [-0.2, -0.15) is 5.26 Å². The molecule has 0 radical (unpaired) electrons. The number of aromatic nitrogens is 1. The van der Waals surface area contributed by atoms with E-state index in [-0.39, 0.29) is 24.0 Å². The second-order valence-corrected chi connectivity index (χ2v) is 6.67. The summed E-state index contributed by atoms with van der Waals surface area (Å²) in [5, 5.41) is 16.4. The Morgan fingerprint density at radius 2 is 1.96 bits per heavy atom. The molecule has 1 aliphatic heterocycles. The Kier molecular flexibility index (Phi) is 8.73.